The Kier molecular flexibility index (Phi) is 6.84. The van der Waals surface area contributed by atoms with Gasteiger partial charge in [-0.05, 0) is 37.1 Å². The van der Waals surface area contributed by atoms with Gasteiger partial charge in [0.1, 0.15) is 0 Å². The summed E-state index contributed by atoms with van der Waals surface area (Å²) < 4.78 is 5.41. The van der Waals surface area contributed by atoms with Crippen LogP contribution in [0.15, 0.2) is 28.8 Å². The number of rotatable bonds is 6. The van der Waals surface area contributed by atoms with E-state index in [1.54, 1.807) is 12.1 Å². The number of halogens is 1. The van der Waals surface area contributed by atoms with Crippen LogP contribution in [0.2, 0.25) is 5.02 Å². The normalized spacial score (nSPS) is 18.9. The number of hydrogen-bond donors (Lipinski definition) is 1. The average molecular weight is 447 g/mol. The standard InChI is InChI=1S/C21H27ClN6O3/c22-17-3-1-16(2-4-17)21-24-18(31-25-21)13-26-9-11-27(12-10-26)14-19(29)28-7-5-15(6-8-28)20(23)30/h1-4,15H,5-14H2,(H2,23,30). The molecule has 166 valence electrons. The fraction of sp³-hybridized carbons (Fsp3) is 0.524. The molecule has 2 aliphatic heterocycles. The van der Waals surface area contributed by atoms with Gasteiger partial charge >= 0.3 is 0 Å². The van der Waals surface area contributed by atoms with E-state index in [1.165, 1.54) is 0 Å². The van der Waals surface area contributed by atoms with E-state index in [0.717, 1.165) is 31.7 Å². The molecule has 10 heteroatoms. The van der Waals surface area contributed by atoms with Crippen molar-refractivity contribution in [2.45, 2.75) is 19.4 Å². The molecule has 1 aromatic carbocycles. The lowest BCUT2D eigenvalue weighted by Gasteiger charge is -2.36. The number of nitrogens with two attached hydrogens (primary N) is 1. The fourth-order valence-electron chi connectivity index (χ4n) is 4.04. The van der Waals surface area contributed by atoms with Crippen molar-refractivity contribution in [3.8, 4) is 11.4 Å². The molecule has 0 radical (unpaired) electrons. The van der Waals surface area contributed by atoms with Crippen molar-refractivity contribution in [2.75, 3.05) is 45.8 Å². The van der Waals surface area contributed by atoms with Gasteiger partial charge in [-0.25, -0.2) is 0 Å². The molecule has 0 atom stereocenters. The van der Waals surface area contributed by atoms with Crippen molar-refractivity contribution in [1.29, 1.82) is 0 Å². The highest BCUT2D eigenvalue weighted by atomic mass is 35.5. The zero-order valence-electron chi connectivity index (χ0n) is 17.4. The minimum Gasteiger partial charge on any atom is -0.369 e. The summed E-state index contributed by atoms with van der Waals surface area (Å²) in [5, 5.41) is 4.72. The summed E-state index contributed by atoms with van der Waals surface area (Å²) in [5.74, 6) is 0.894. The van der Waals surface area contributed by atoms with E-state index in [9.17, 15) is 9.59 Å². The highest BCUT2D eigenvalue weighted by Gasteiger charge is 2.28. The van der Waals surface area contributed by atoms with Gasteiger partial charge in [0.15, 0.2) is 0 Å². The Hall–Kier alpha value is -2.49. The molecule has 2 aromatic rings. The Morgan fingerprint density at radius 1 is 1.03 bits per heavy atom. The highest BCUT2D eigenvalue weighted by Crippen LogP contribution is 2.20. The minimum atomic E-state index is -0.259. The minimum absolute atomic E-state index is 0.0995. The van der Waals surface area contributed by atoms with Gasteiger partial charge in [0.2, 0.25) is 23.5 Å². The van der Waals surface area contributed by atoms with Crippen molar-refractivity contribution >= 4 is 23.4 Å². The second kappa shape index (κ2) is 9.76. The SMILES string of the molecule is NC(=O)C1CCN(C(=O)CN2CCN(Cc3nc(-c4ccc(Cl)cc4)no3)CC2)CC1. The third-order valence-electron chi connectivity index (χ3n) is 6.00. The molecule has 2 fully saturated rings. The van der Waals surface area contributed by atoms with Gasteiger partial charge in [-0.1, -0.05) is 16.8 Å². The Morgan fingerprint density at radius 3 is 2.32 bits per heavy atom. The summed E-state index contributed by atoms with van der Waals surface area (Å²) in [7, 11) is 0. The molecule has 2 amide bonds. The lowest BCUT2D eigenvalue weighted by atomic mass is 9.96. The predicted molar refractivity (Wildman–Crippen MR) is 115 cm³/mol. The van der Waals surface area contributed by atoms with E-state index in [-0.39, 0.29) is 17.7 Å². The monoisotopic (exact) mass is 446 g/mol. The summed E-state index contributed by atoms with van der Waals surface area (Å²) in [5.41, 5.74) is 6.23. The maximum atomic E-state index is 12.6. The summed E-state index contributed by atoms with van der Waals surface area (Å²) in [6.45, 7) is 5.49. The summed E-state index contributed by atoms with van der Waals surface area (Å²) in [6, 6.07) is 7.33. The number of carbonyl (C=O) groups excluding carboxylic acids is 2. The molecule has 0 unspecified atom stereocenters. The van der Waals surface area contributed by atoms with Crippen molar-refractivity contribution in [3.05, 3.63) is 35.2 Å². The van der Waals surface area contributed by atoms with Crippen molar-refractivity contribution in [3.63, 3.8) is 0 Å². The second-order valence-electron chi connectivity index (χ2n) is 8.13. The number of piperazine rings is 1. The molecule has 2 aliphatic rings. The molecule has 0 spiro atoms. The van der Waals surface area contributed by atoms with Crippen LogP contribution >= 0.6 is 11.6 Å². The van der Waals surface area contributed by atoms with Crippen LogP contribution in [0.4, 0.5) is 0 Å². The van der Waals surface area contributed by atoms with Gasteiger partial charge in [0, 0.05) is 55.8 Å². The molecular weight excluding hydrogens is 420 g/mol. The summed E-state index contributed by atoms with van der Waals surface area (Å²) in [6.07, 6.45) is 1.33. The third-order valence-corrected chi connectivity index (χ3v) is 6.26. The Labute approximate surface area is 186 Å². The number of likely N-dealkylation sites (tertiary alicyclic amines) is 1. The molecule has 0 aliphatic carbocycles. The maximum absolute atomic E-state index is 12.6. The third kappa shape index (κ3) is 5.61. The van der Waals surface area contributed by atoms with E-state index in [0.29, 0.717) is 55.8 Å². The zero-order valence-corrected chi connectivity index (χ0v) is 18.1. The van der Waals surface area contributed by atoms with Gasteiger partial charge in [-0.15, -0.1) is 0 Å². The molecule has 4 rings (SSSR count). The first-order valence-corrected chi connectivity index (χ1v) is 11.0. The number of nitrogens with zero attached hydrogens (tertiary/aromatic N) is 5. The Morgan fingerprint density at radius 2 is 1.68 bits per heavy atom. The van der Waals surface area contributed by atoms with Crippen LogP contribution in [0.5, 0.6) is 0 Å². The molecule has 3 heterocycles. The molecular formula is C21H27ClN6O3. The number of carbonyl (C=O) groups is 2. The van der Waals surface area contributed by atoms with E-state index in [4.69, 9.17) is 21.9 Å². The first-order valence-electron chi connectivity index (χ1n) is 10.6. The van der Waals surface area contributed by atoms with Crippen LogP contribution < -0.4 is 5.73 Å². The quantitative estimate of drug-likeness (QED) is 0.710. The molecule has 0 saturated carbocycles. The van der Waals surface area contributed by atoms with E-state index >= 15 is 0 Å². The first kappa shape index (κ1) is 21.7. The van der Waals surface area contributed by atoms with Gasteiger partial charge in [0.05, 0.1) is 13.1 Å². The van der Waals surface area contributed by atoms with Crippen LogP contribution in [0.1, 0.15) is 18.7 Å². The average Bonchev–Trinajstić information content (AvgIpc) is 3.24. The van der Waals surface area contributed by atoms with Crippen LogP contribution in [-0.4, -0.2) is 82.5 Å². The number of aromatic nitrogens is 2. The van der Waals surface area contributed by atoms with Crippen molar-refractivity contribution in [2.24, 2.45) is 11.7 Å². The topological polar surface area (TPSA) is 109 Å². The zero-order chi connectivity index (χ0) is 21.8. The van der Waals surface area contributed by atoms with Gasteiger partial charge in [0.25, 0.3) is 0 Å². The second-order valence-corrected chi connectivity index (χ2v) is 8.56. The van der Waals surface area contributed by atoms with Crippen molar-refractivity contribution < 1.29 is 14.1 Å². The van der Waals surface area contributed by atoms with Gasteiger partial charge in [-0.2, -0.15) is 4.98 Å². The lowest BCUT2D eigenvalue weighted by molar-refractivity contribution is -0.136. The first-order chi connectivity index (χ1) is 15.0. The van der Waals surface area contributed by atoms with Crippen LogP contribution in [0, 0.1) is 5.92 Å². The Balaban J connectivity index is 1.21. The van der Waals surface area contributed by atoms with E-state index < -0.39 is 0 Å². The van der Waals surface area contributed by atoms with Crippen LogP contribution in [-0.2, 0) is 16.1 Å². The predicted octanol–water partition coefficient (Wildman–Crippen LogP) is 1.23. The maximum Gasteiger partial charge on any atom is 0.241 e. The number of amides is 2. The number of primary amides is 1. The molecule has 9 nitrogen and oxygen atoms in total. The lowest BCUT2D eigenvalue weighted by Crippen LogP contribution is -2.51. The van der Waals surface area contributed by atoms with Crippen LogP contribution in [0.25, 0.3) is 11.4 Å². The van der Waals surface area contributed by atoms with Gasteiger partial charge < -0.3 is 15.2 Å². The largest absolute Gasteiger partial charge is 0.369 e. The summed E-state index contributed by atoms with van der Waals surface area (Å²) >= 11 is 5.92. The van der Waals surface area contributed by atoms with E-state index in [1.807, 2.05) is 17.0 Å². The van der Waals surface area contributed by atoms with Crippen LogP contribution in [0.3, 0.4) is 0 Å². The fourth-order valence-corrected chi connectivity index (χ4v) is 4.16. The smallest absolute Gasteiger partial charge is 0.241 e. The van der Waals surface area contributed by atoms with Crippen molar-refractivity contribution in [1.82, 2.24) is 24.8 Å². The number of hydrogen-bond acceptors (Lipinski definition) is 7. The molecule has 2 N–H and O–H groups in total. The molecule has 0 bridgehead atoms. The summed E-state index contributed by atoms with van der Waals surface area (Å²) in [4.78, 5) is 34.6. The molecule has 31 heavy (non-hydrogen) atoms. The molecule has 2 saturated heterocycles. The highest BCUT2D eigenvalue weighted by molar-refractivity contribution is 6.30. The molecule has 1 aromatic heterocycles. The Bertz CT molecular complexity index is 902. The number of piperidine rings is 1. The number of benzene rings is 1. The van der Waals surface area contributed by atoms with E-state index in [2.05, 4.69) is 19.9 Å². The van der Waals surface area contributed by atoms with Gasteiger partial charge in [-0.3, -0.25) is 19.4 Å².